The maximum atomic E-state index is 13.1. The van der Waals surface area contributed by atoms with E-state index in [1.165, 1.54) is 11.0 Å². The molecular formula is C20H18F2N2O2S2. The number of rotatable bonds is 4. The molecule has 0 aliphatic carbocycles. The maximum Gasteiger partial charge on any atom is 0.387 e. The molecule has 0 spiro atoms. The summed E-state index contributed by atoms with van der Waals surface area (Å²) in [5.74, 6) is 0.319. The van der Waals surface area contributed by atoms with Gasteiger partial charge < -0.3 is 9.64 Å². The molecule has 1 amide bonds. The van der Waals surface area contributed by atoms with Crippen LogP contribution in [0.2, 0.25) is 0 Å². The number of carbonyl (C=O) groups excluding carboxylic acids is 1. The van der Waals surface area contributed by atoms with Gasteiger partial charge in [0, 0.05) is 5.75 Å². The Hall–Kier alpha value is -2.19. The zero-order valence-electron chi connectivity index (χ0n) is 15.3. The Morgan fingerprint density at radius 3 is 2.50 bits per heavy atom. The first-order valence-electron chi connectivity index (χ1n) is 8.76. The van der Waals surface area contributed by atoms with Crippen LogP contribution in [0.3, 0.4) is 0 Å². The van der Waals surface area contributed by atoms with Crippen LogP contribution in [-0.4, -0.2) is 34.3 Å². The fraction of sp³-hybridized carbons (Fsp3) is 0.300. The Balaban J connectivity index is 1.71. The zero-order valence-corrected chi connectivity index (χ0v) is 16.9. The minimum atomic E-state index is -2.98. The molecule has 4 nitrogen and oxygen atoms in total. The molecule has 0 bridgehead atoms. The lowest BCUT2D eigenvalue weighted by atomic mass is 10.1. The topological polar surface area (TPSA) is 32.8 Å². The molecule has 28 heavy (non-hydrogen) atoms. The van der Waals surface area contributed by atoms with Crippen molar-refractivity contribution in [3.05, 3.63) is 59.2 Å². The van der Waals surface area contributed by atoms with Crippen LogP contribution in [0.5, 0.6) is 5.75 Å². The quantitative estimate of drug-likeness (QED) is 0.673. The molecule has 2 aromatic carbocycles. The van der Waals surface area contributed by atoms with Crippen LogP contribution in [0, 0.1) is 13.8 Å². The Labute approximate surface area is 171 Å². The first kappa shape index (κ1) is 19.1. The molecule has 8 heteroatoms. The van der Waals surface area contributed by atoms with E-state index >= 15 is 0 Å². The molecule has 0 radical (unpaired) electrons. The third kappa shape index (κ3) is 3.24. The maximum absolute atomic E-state index is 13.1. The second-order valence-corrected chi connectivity index (χ2v) is 8.30. The minimum absolute atomic E-state index is 0.0583. The van der Waals surface area contributed by atoms with Crippen molar-refractivity contribution in [3.63, 3.8) is 0 Å². The summed E-state index contributed by atoms with van der Waals surface area (Å²) in [6.45, 7) is 0.858. The van der Waals surface area contributed by atoms with Crippen LogP contribution in [0.4, 0.5) is 14.5 Å². The van der Waals surface area contributed by atoms with Gasteiger partial charge in [0.25, 0.3) is 5.91 Å². The van der Waals surface area contributed by atoms with Gasteiger partial charge in [-0.15, -0.1) is 11.8 Å². The van der Waals surface area contributed by atoms with Gasteiger partial charge in [0.15, 0.2) is 5.11 Å². The van der Waals surface area contributed by atoms with Gasteiger partial charge in [-0.25, -0.2) is 0 Å². The van der Waals surface area contributed by atoms with E-state index in [4.69, 9.17) is 12.2 Å². The highest BCUT2D eigenvalue weighted by Gasteiger charge is 2.51. The number of hydrogen-bond acceptors (Lipinski definition) is 4. The van der Waals surface area contributed by atoms with E-state index in [-0.39, 0.29) is 22.7 Å². The van der Waals surface area contributed by atoms with Crippen molar-refractivity contribution >= 4 is 40.7 Å². The van der Waals surface area contributed by atoms with E-state index in [1.807, 2.05) is 43.0 Å². The number of halogens is 2. The Morgan fingerprint density at radius 1 is 1.14 bits per heavy atom. The van der Waals surface area contributed by atoms with E-state index in [0.717, 1.165) is 16.7 Å². The number of ether oxygens (including phenoxy) is 1. The van der Waals surface area contributed by atoms with Crippen molar-refractivity contribution in [3.8, 4) is 5.75 Å². The smallest absolute Gasteiger partial charge is 0.387 e. The van der Waals surface area contributed by atoms with Crippen LogP contribution in [0.15, 0.2) is 42.5 Å². The van der Waals surface area contributed by atoms with Crippen LogP contribution in [0.25, 0.3) is 0 Å². The summed E-state index contributed by atoms with van der Waals surface area (Å²) in [6.07, 6.45) is 0. The molecule has 2 fully saturated rings. The summed E-state index contributed by atoms with van der Waals surface area (Å²) >= 11 is 7.29. The van der Waals surface area contributed by atoms with Crippen LogP contribution >= 0.6 is 24.0 Å². The largest absolute Gasteiger partial charge is 0.433 e. The van der Waals surface area contributed by atoms with Gasteiger partial charge in [-0.2, -0.15) is 8.78 Å². The van der Waals surface area contributed by atoms with E-state index in [9.17, 15) is 13.6 Å². The van der Waals surface area contributed by atoms with Crippen LogP contribution in [0.1, 0.15) is 22.1 Å². The van der Waals surface area contributed by atoms with Crippen LogP contribution < -0.4 is 9.64 Å². The molecule has 2 aliphatic heterocycles. The first-order valence-corrected chi connectivity index (χ1v) is 10.2. The number of carbonyl (C=O) groups is 1. The SMILES string of the molecule is Cc1ccc([C@H]2SC[C@@H]3C(=O)N(c4cc(C)ccc4OC(F)F)C(=S)N32)cc1. The molecule has 4 rings (SSSR count). The molecule has 0 aromatic heterocycles. The summed E-state index contributed by atoms with van der Waals surface area (Å²) in [5.41, 5.74) is 3.29. The lowest BCUT2D eigenvalue weighted by Crippen LogP contribution is -2.34. The zero-order chi connectivity index (χ0) is 20.0. The summed E-state index contributed by atoms with van der Waals surface area (Å²) in [6, 6.07) is 12.5. The number of nitrogens with zero attached hydrogens (tertiary/aromatic N) is 2. The second-order valence-electron chi connectivity index (χ2n) is 6.83. The number of anilines is 1. The Morgan fingerprint density at radius 2 is 1.82 bits per heavy atom. The molecular weight excluding hydrogens is 402 g/mol. The van der Waals surface area contributed by atoms with Gasteiger partial charge in [0.1, 0.15) is 17.2 Å². The summed E-state index contributed by atoms with van der Waals surface area (Å²) in [5, 5.41) is 0.228. The van der Waals surface area contributed by atoms with Gasteiger partial charge in [0.05, 0.1) is 5.69 Å². The van der Waals surface area contributed by atoms with Gasteiger partial charge in [-0.3, -0.25) is 9.69 Å². The number of aryl methyl sites for hydroxylation is 2. The average Bonchev–Trinajstić information content (AvgIpc) is 3.18. The summed E-state index contributed by atoms with van der Waals surface area (Å²) in [4.78, 5) is 16.4. The molecule has 2 heterocycles. The third-order valence-corrected chi connectivity index (χ3v) is 6.57. The fourth-order valence-electron chi connectivity index (χ4n) is 3.50. The Kier molecular flexibility index (Phi) is 5.01. The lowest BCUT2D eigenvalue weighted by Gasteiger charge is -2.26. The lowest BCUT2D eigenvalue weighted by molar-refractivity contribution is -0.119. The third-order valence-electron chi connectivity index (χ3n) is 4.85. The van der Waals surface area contributed by atoms with Crippen LogP contribution in [-0.2, 0) is 4.79 Å². The van der Waals surface area contributed by atoms with E-state index in [0.29, 0.717) is 10.9 Å². The molecule has 146 valence electrons. The standard InChI is InChI=1S/C20H18F2N2O2S2/c1-11-3-6-13(7-4-11)18-24-15(10-28-18)17(25)23(20(24)27)14-9-12(2)5-8-16(14)26-19(21)22/h3-9,15,18-19H,10H2,1-2H3/t15-,18-/m1/s1. The van der Waals surface area contributed by atoms with Crippen molar-refractivity contribution in [1.29, 1.82) is 0 Å². The molecule has 2 atom stereocenters. The molecule has 0 saturated carbocycles. The van der Waals surface area contributed by atoms with Crippen molar-refractivity contribution < 1.29 is 18.3 Å². The van der Waals surface area contributed by atoms with Crippen molar-refractivity contribution in [2.24, 2.45) is 0 Å². The van der Waals surface area contributed by atoms with Gasteiger partial charge in [-0.1, -0.05) is 35.9 Å². The minimum Gasteiger partial charge on any atom is -0.433 e. The molecule has 0 unspecified atom stereocenters. The van der Waals surface area contributed by atoms with E-state index < -0.39 is 12.7 Å². The van der Waals surface area contributed by atoms with Gasteiger partial charge in [-0.05, 0) is 49.3 Å². The molecule has 0 N–H and O–H groups in total. The fourth-order valence-corrected chi connectivity index (χ4v) is 5.41. The van der Waals surface area contributed by atoms with Crippen molar-refractivity contribution in [1.82, 2.24) is 4.90 Å². The highest BCUT2D eigenvalue weighted by molar-refractivity contribution is 7.99. The highest BCUT2D eigenvalue weighted by Crippen LogP contribution is 2.47. The number of hydrogen-bond donors (Lipinski definition) is 0. The number of benzene rings is 2. The molecule has 2 aromatic rings. The normalized spacial score (nSPS) is 21.6. The number of alkyl halides is 2. The average molecular weight is 421 g/mol. The number of amides is 1. The van der Waals surface area contributed by atoms with E-state index in [1.54, 1.807) is 23.9 Å². The predicted octanol–water partition coefficient (Wildman–Crippen LogP) is 4.65. The summed E-state index contributed by atoms with van der Waals surface area (Å²) < 4.78 is 30.4. The van der Waals surface area contributed by atoms with Gasteiger partial charge >= 0.3 is 6.61 Å². The molecule has 2 aliphatic rings. The van der Waals surface area contributed by atoms with E-state index in [2.05, 4.69) is 4.74 Å². The summed E-state index contributed by atoms with van der Waals surface area (Å²) in [7, 11) is 0. The highest BCUT2D eigenvalue weighted by atomic mass is 32.2. The predicted molar refractivity (Wildman–Crippen MR) is 110 cm³/mol. The number of thioether (sulfide) groups is 1. The molecule has 2 saturated heterocycles. The van der Waals surface area contributed by atoms with Crippen molar-refractivity contribution in [2.45, 2.75) is 31.9 Å². The number of thiocarbonyl (C=S) groups is 1. The second kappa shape index (κ2) is 7.33. The van der Waals surface area contributed by atoms with Crippen molar-refractivity contribution in [2.75, 3.05) is 10.7 Å². The monoisotopic (exact) mass is 420 g/mol. The van der Waals surface area contributed by atoms with Gasteiger partial charge in [0.2, 0.25) is 0 Å². The first-order chi connectivity index (χ1) is 13.4. The number of fused-ring (bicyclic) bond motifs is 1. The Bertz CT molecular complexity index is 936.